The van der Waals surface area contributed by atoms with Gasteiger partial charge in [-0.25, -0.2) is 12.8 Å². The normalized spacial score (nSPS) is 12.5. The van der Waals surface area contributed by atoms with Gasteiger partial charge >= 0.3 is 0 Å². The standard InChI is InChI=1S/C30H34Cl2FN3O4S/c1-6-27(29(38)34-30(3,4)5)35(18-24-25(31)8-7-9-26(24)32)28(37)19-36(22-14-10-20(2)11-15-22)41(39,40)23-16-12-21(33)13-17-23/h7-17,27H,6,18-19H2,1-5H3,(H,34,38). The highest BCUT2D eigenvalue weighted by Crippen LogP contribution is 2.29. The number of carbonyl (C=O) groups excluding carboxylic acids is 2. The molecular formula is C30H34Cl2FN3O4S. The van der Waals surface area contributed by atoms with E-state index in [2.05, 4.69) is 5.32 Å². The Kier molecular flexibility index (Phi) is 10.4. The van der Waals surface area contributed by atoms with Gasteiger partial charge in [0, 0.05) is 27.7 Å². The molecule has 41 heavy (non-hydrogen) atoms. The van der Waals surface area contributed by atoms with E-state index in [4.69, 9.17) is 23.2 Å². The molecule has 0 spiro atoms. The number of nitrogens with zero attached hydrogens (tertiary/aromatic N) is 2. The van der Waals surface area contributed by atoms with Crippen molar-refractivity contribution in [2.75, 3.05) is 10.8 Å². The summed E-state index contributed by atoms with van der Waals surface area (Å²) in [6.07, 6.45) is 0.241. The second-order valence-corrected chi connectivity index (χ2v) is 13.4. The maximum absolute atomic E-state index is 14.1. The molecule has 7 nitrogen and oxygen atoms in total. The van der Waals surface area contributed by atoms with E-state index in [-0.39, 0.29) is 23.5 Å². The van der Waals surface area contributed by atoms with E-state index in [1.54, 1.807) is 49.4 Å². The van der Waals surface area contributed by atoms with Gasteiger partial charge in [0.05, 0.1) is 10.6 Å². The molecule has 0 aliphatic rings. The fourth-order valence-corrected chi connectivity index (χ4v) is 6.13. The number of hydrogen-bond acceptors (Lipinski definition) is 4. The van der Waals surface area contributed by atoms with Gasteiger partial charge in [-0.05, 0) is 82.6 Å². The third-order valence-corrected chi connectivity index (χ3v) is 8.77. The minimum absolute atomic E-state index is 0.133. The number of nitrogens with one attached hydrogen (secondary N) is 1. The quantitative estimate of drug-likeness (QED) is 0.285. The molecule has 0 heterocycles. The number of rotatable bonds is 10. The molecule has 1 unspecified atom stereocenters. The molecule has 11 heteroatoms. The average Bonchev–Trinajstić information content (AvgIpc) is 2.88. The Morgan fingerprint density at radius 1 is 0.951 bits per heavy atom. The van der Waals surface area contributed by atoms with Gasteiger partial charge in [-0.3, -0.25) is 13.9 Å². The molecule has 3 aromatic carbocycles. The van der Waals surface area contributed by atoms with Crippen LogP contribution in [-0.4, -0.2) is 43.3 Å². The van der Waals surface area contributed by atoms with Crippen molar-refractivity contribution in [3.63, 3.8) is 0 Å². The zero-order valence-corrected chi connectivity index (χ0v) is 25.9. The Hall–Kier alpha value is -3.14. The lowest BCUT2D eigenvalue weighted by Crippen LogP contribution is -2.55. The second-order valence-electron chi connectivity index (χ2n) is 10.7. The summed E-state index contributed by atoms with van der Waals surface area (Å²) in [5, 5.41) is 3.51. The zero-order chi connectivity index (χ0) is 30.5. The number of sulfonamides is 1. The predicted molar refractivity (Wildman–Crippen MR) is 161 cm³/mol. The summed E-state index contributed by atoms with van der Waals surface area (Å²) in [7, 11) is -4.32. The third-order valence-electron chi connectivity index (χ3n) is 6.28. The van der Waals surface area contributed by atoms with E-state index in [0.29, 0.717) is 15.6 Å². The Labute approximate surface area is 251 Å². The maximum Gasteiger partial charge on any atom is 0.264 e. The Bertz CT molecular complexity index is 1470. The van der Waals surface area contributed by atoms with Gasteiger partial charge in [-0.2, -0.15) is 0 Å². The van der Waals surface area contributed by atoms with E-state index < -0.39 is 45.8 Å². The first-order valence-corrected chi connectivity index (χ1v) is 15.2. The van der Waals surface area contributed by atoms with Crippen molar-refractivity contribution in [3.05, 3.63) is 93.7 Å². The van der Waals surface area contributed by atoms with Crippen LogP contribution >= 0.6 is 23.2 Å². The fourth-order valence-electron chi connectivity index (χ4n) is 4.20. The van der Waals surface area contributed by atoms with Crippen LogP contribution in [0.4, 0.5) is 10.1 Å². The number of hydrogen-bond donors (Lipinski definition) is 1. The molecular weight excluding hydrogens is 588 g/mol. The first-order valence-electron chi connectivity index (χ1n) is 13.0. The smallest absolute Gasteiger partial charge is 0.264 e. The number of aryl methyl sites for hydroxylation is 1. The molecule has 220 valence electrons. The lowest BCUT2D eigenvalue weighted by atomic mass is 10.1. The van der Waals surface area contributed by atoms with Crippen LogP contribution in [0, 0.1) is 12.7 Å². The van der Waals surface area contributed by atoms with Gasteiger partial charge in [0.15, 0.2) is 0 Å². The summed E-state index contributed by atoms with van der Waals surface area (Å²) in [4.78, 5) is 28.6. The van der Waals surface area contributed by atoms with Crippen LogP contribution in [0.15, 0.2) is 71.6 Å². The monoisotopic (exact) mass is 621 g/mol. The van der Waals surface area contributed by atoms with Gasteiger partial charge in [-0.15, -0.1) is 0 Å². The topological polar surface area (TPSA) is 86.8 Å². The second kappa shape index (κ2) is 13.2. The first-order chi connectivity index (χ1) is 19.1. The van der Waals surface area contributed by atoms with Crippen LogP contribution in [0.2, 0.25) is 10.0 Å². The van der Waals surface area contributed by atoms with Crippen molar-refractivity contribution >= 4 is 50.7 Å². The molecule has 0 radical (unpaired) electrons. The highest BCUT2D eigenvalue weighted by molar-refractivity contribution is 7.92. The zero-order valence-electron chi connectivity index (χ0n) is 23.6. The molecule has 0 saturated carbocycles. The van der Waals surface area contributed by atoms with Crippen molar-refractivity contribution < 1.29 is 22.4 Å². The Morgan fingerprint density at radius 2 is 1.51 bits per heavy atom. The van der Waals surface area contributed by atoms with Crippen molar-refractivity contribution in [1.29, 1.82) is 0 Å². The Morgan fingerprint density at radius 3 is 2.02 bits per heavy atom. The number of anilines is 1. The van der Waals surface area contributed by atoms with Crippen molar-refractivity contribution in [2.24, 2.45) is 0 Å². The number of halogens is 3. The molecule has 0 fully saturated rings. The third kappa shape index (κ3) is 8.21. The van der Waals surface area contributed by atoms with Crippen LogP contribution in [0.3, 0.4) is 0 Å². The summed E-state index contributed by atoms with van der Waals surface area (Å²) < 4.78 is 42.2. The van der Waals surface area contributed by atoms with Gasteiger partial charge in [0.2, 0.25) is 11.8 Å². The maximum atomic E-state index is 14.1. The van der Waals surface area contributed by atoms with Crippen LogP contribution in [0.5, 0.6) is 0 Å². The molecule has 3 rings (SSSR count). The van der Waals surface area contributed by atoms with Crippen molar-refractivity contribution in [3.8, 4) is 0 Å². The summed E-state index contributed by atoms with van der Waals surface area (Å²) in [6, 6.07) is 14.9. The van der Waals surface area contributed by atoms with Crippen LogP contribution in [-0.2, 0) is 26.2 Å². The summed E-state index contributed by atoms with van der Waals surface area (Å²) in [6.45, 7) is 8.31. The molecule has 3 aromatic rings. The largest absolute Gasteiger partial charge is 0.350 e. The summed E-state index contributed by atoms with van der Waals surface area (Å²) >= 11 is 12.9. The number of benzene rings is 3. The molecule has 2 amide bonds. The highest BCUT2D eigenvalue weighted by Gasteiger charge is 2.35. The molecule has 0 aliphatic carbocycles. The van der Waals surface area contributed by atoms with E-state index >= 15 is 0 Å². The minimum Gasteiger partial charge on any atom is -0.350 e. The van der Waals surface area contributed by atoms with E-state index in [9.17, 15) is 22.4 Å². The lowest BCUT2D eigenvalue weighted by Gasteiger charge is -2.35. The van der Waals surface area contributed by atoms with Crippen molar-refractivity contribution in [1.82, 2.24) is 10.2 Å². The van der Waals surface area contributed by atoms with Crippen LogP contribution in [0.1, 0.15) is 45.2 Å². The number of carbonyl (C=O) groups is 2. The summed E-state index contributed by atoms with van der Waals surface area (Å²) in [5.41, 5.74) is 0.964. The van der Waals surface area contributed by atoms with E-state index in [1.165, 1.54) is 4.90 Å². The molecule has 0 aliphatic heterocycles. The SMILES string of the molecule is CCC(C(=O)NC(C)(C)C)N(Cc1c(Cl)cccc1Cl)C(=O)CN(c1ccc(C)cc1)S(=O)(=O)c1ccc(F)cc1. The van der Waals surface area contributed by atoms with Gasteiger partial charge in [0.25, 0.3) is 10.0 Å². The highest BCUT2D eigenvalue weighted by atomic mass is 35.5. The molecule has 0 bridgehead atoms. The minimum atomic E-state index is -4.32. The van der Waals surface area contributed by atoms with Crippen molar-refractivity contribution in [2.45, 2.75) is 64.1 Å². The Balaban J connectivity index is 2.11. The predicted octanol–water partition coefficient (Wildman–Crippen LogP) is 6.36. The number of amides is 2. The summed E-state index contributed by atoms with van der Waals surface area (Å²) in [5.74, 6) is -1.65. The van der Waals surface area contributed by atoms with Gasteiger partial charge < -0.3 is 10.2 Å². The molecule has 1 atom stereocenters. The molecule has 1 N–H and O–H groups in total. The molecule has 0 saturated heterocycles. The van der Waals surface area contributed by atoms with Crippen LogP contribution < -0.4 is 9.62 Å². The van der Waals surface area contributed by atoms with Gasteiger partial charge in [-0.1, -0.05) is 53.9 Å². The molecule has 0 aromatic heterocycles. The van der Waals surface area contributed by atoms with E-state index in [1.807, 2.05) is 27.7 Å². The van der Waals surface area contributed by atoms with E-state index in [0.717, 1.165) is 34.1 Å². The lowest BCUT2D eigenvalue weighted by molar-refractivity contribution is -0.141. The average molecular weight is 623 g/mol. The fraction of sp³-hybridized carbons (Fsp3) is 0.333. The van der Waals surface area contributed by atoms with Gasteiger partial charge in [0.1, 0.15) is 18.4 Å². The van der Waals surface area contributed by atoms with Crippen LogP contribution in [0.25, 0.3) is 0 Å². The first kappa shape index (κ1) is 32.4.